The lowest BCUT2D eigenvalue weighted by Crippen LogP contribution is -2.04. The lowest BCUT2D eigenvalue weighted by Gasteiger charge is -2.06. The number of hydrogen-bond donors (Lipinski definition) is 0. The van der Waals surface area contributed by atoms with Crippen LogP contribution in [0.15, 0.2) is 0 Å². The average Bonchev–Trinajstić information content (AvgIpc) is 2.39. The Morgan fingerprint density at radius 2 is 2.45 bits per heavy atom. The molecule has 1 atom stereocenters. The van der Waals surface area contributed by atoms with Crippen molar-refractivity contribution < 1.29 is 9.53 Å². The van der Waals surface area contributed by atoms with Gasteiger partial charge < -0.3 is 4.74 Å². The van der Waals surface area contributed by atoms with E-state index in [9.17, 15) is 4.79 Å². The standard InChI is InChI=1S/C8H13ClO2/c9-8(10)5-1-3-7-4-2-6-11-7/h7H,1-6H2. The van der Waals surface area contributed by atoms with Crippen molar-refractivity contribution in [2.75, 3.05) is 6.61 Å². The van der Waals surface area contributed by atoms with Crippen LogP contribution < -0.4 is 0 Å². The zero-order chi connectivity index (χ0) is 8.10. The summed E-state index contributed by atoms with van der Waals surface area (Å²) in [6, 6.07) is 0. The van der Waals surface area contributed by atoms with Gasteiger partial charge in [-0.3, -0.25) is 4.79 Å². The van der Waals surface area contributed by atoms with Crippen molar-refractivity contribution in [1.82, 2.24) is 0 Å². The predicted octanol–water partition coefficient (Wildman–Crippen LogP) is 2.10. The Labute approximate surface area is 71.9 Å². The third-order valence-electron chi connectivity index (χ3n) is 1.92. The Morgan fingerprint density at radius 3 is 3.00 bits per heavy atom. The Hall–Kier alpha value is -0.0800. The van der Waals surface area contributed by atoms with Crippen LogP contribution in [0.3, 0.4) is 0 Å². The molecule has 0 aromatic carbocycles. The number of halogens is 1. The van der Waals surface area contributed by atoms with Crippen LogP contribution in [0, 0.1) is 0 Å². The van der Waals surface area contributed by atoms with E-state index in [2.05, 4.69) is 0 Å². The second-order valence-corrected chi connectivity index (χ2v) is 3.30. The molecule has 0 aromatic rings. The lowest BCUT2D eigenvalue weighted by atomic mass is 10.1. The maximum absolute atomic E-state index is 10.3. The molecule has 1 saturated heterocycles. The van der Waals surface area contributed by atoms with Gasteiger partial charge in [0.05, 0.1) is 6.10 Å². The molecule has 64 valence electrons. The van der Waals surface area contributed by atoms with Gasteiger partial charge in [-0.15, -0.1) is 0 Å². The number of rotatable bonds is 4. The third kappa shape index (κ3) is 3.73. The summed E-state index contributed by atoms with van der Waals surface area (Å²) in [5.74, 6) is 0. The van der Waals surface area contributed by atoms with E-state index in [4.69, 9.17) is 16.3 Å². The first-order valence-electron chi connectivity index (χ1n) is 4.09. The smallest absolute Gasteiger partial charge is 0.221 e. The van der Waals surface area contributed by atoms with Gasteiger partial charge in [-0.05, 0) is 37.3 Å². The normalized spacial score (nSPS) is 23.9. The molecule has 1 heterocycles. The second-order valence-electron chi connectivity index (χ2n) is 2.88. The summed E-state index contributed by atoms with van der Waals surface area (Å²) in [6.07, 6.45) is 5.05. The third-order valence-corrected chi connectivity index (χ3v) is 2.11. The van der Waals surface area contributed by atoms with Crippen LogP contribution in [0.4, 0.5) is 0 Å². The van der Waals surface area contributed by atoms with E-state index < -0.39 is 0 Å². The highest BCUT2D eigenvalue weighted by Crippen LogP contribution is 2.17. The van der Waals surface area contributed by atoms with Crippen LogP contribution >= 0.6 is 11.6 Å². The maximum atomic E-state index is 10.3. The van der Waals surface area contributed by atoms with Crippen molar-refractivity contribution in [3.05, 3.63) is 0 Å². The average molecular weight is 177 g/mol. The zero-order valence-corrected chi connectivity index (χ0v) is 7.27. The summed E-state index contributed by atoms with van der Waals surface area (Å²) in [7, 11) is 0. The highest BCUT2D eigenvalue weighted by Gasteiger charge is 2.14. The molecule has 1 aliphatic rings. The molecule has 0 aromatic heterocycles. The summed E-state index contributed by atoms with van der Waals surface area (Å²) in [6.45, 7) is 0.888. The summed E-state index contributed by atoms with van der Waals surface area (Å²) in [5, 5.41) is -0.233. The van der Waals surface area contributed by atoms with Gasteiger partial charge in [-0.2, -0.15) is 0 Å². The molecule has 0 amide bonds. The van der Waals surface area contributed by atoms with Crippen LogP contribution in [0.5, 0.6) is 0 Å². The van der Waals surface area contributed by atoms with Crippen molar-refractivity contribution in [1.29, 1.82) is 0 Å². The predicted molar refractivity (Wildman–Crippen MR) is 43.7 cm³/mol. The first-order valence-corrected chi connectivity index (χ1v) is 4.47. The molecule has 0 radical (unpaired) electrons. The molecule has 1 rings (SSSR count). The minimum atomic E-state index is -0.233. The van der Waals surface area contributed by atoms with E-state index in [0.29, 0.717) is 12.5 Å². The molecule has 1 unspecified atom stereocenters. The molecule has 0 saturated carbocycles. The van der Waals surface area contributed by atoms with E-state index in [-0.39, 0.29) is 5.24 Å². The topological polar surface area (TPSA) is 26.3 Å². The fraction of sp³-hybridized carbons (Fsp3) is 0.875. The fourth-order valence-corrected chi connectivity index (χ4v) is 1.47. The molecule has 0 bridgehead atoms. The van der Waals surface area contributed by atoms with Gasteiger partial charge >= 0.3 is 0 Å². The lowest BCUT2D eigenvalue weighted by molar-refractivity contribution is -0.111. The summed E-state index contributed by atoms with van der Waals surface area (Å²) in [5.41, 5.74) is 0. The molecule has 11 heavy (non-hydrogen) atoms. The zero-order valence-electron chi connectivity index (χ0n) is 6.51. The van der Waals surface area contributed by atoms with Gasteiger partial charge in [0.2, 0.25) is 5.24 Å². The van der Waals surface area contributed by atoms with Crippen LogP contribution in [-0.2, 0) is 9.53 Å². The molecule has 3 heteroatoms. The maximum Gasteiger partial charge on any atom is 0.221 e. The monoisotopic (exact) mass is 176 g/mol. The first kappa shape index (κ1) is 9.01. The second kappa shape index (κ2) is 4.73. The van der Waals surface area contributed by atoms with Crippen LogP contribution in [0.2, 0.25) is 0 Å². The minimum Gasteiger partial charge on any atom is -0.378 e. The minimum absolute atomic E-state index is 0.233. The number of carbonyl (C=O) groups is 1. The number of ether oxygens (including phenoxy) is 1. The molecular weight excluding hydrogens is 164 g/mol. The van der Waals surface area contributed by atoms with Crippen molar-refractivity contribution in [3.8, 4) is 0 Å². The highest BCUT2D eigenvalue weighted by molar-refractivity contribution is 6.63. The molecule has 2 nitrogen and oxygen atoms in total. The molecule has 0 aliphatic carbocycles. The Morgan fingerprint density at radius 1 is 1.64 bits per heavy atom. The molecule has 1 aliphatic heterocycles. The quantitative estimate of drug-likeness (QED) is 0.614. The molecule has 0 spiro atoms. The van der Waals surface area contributed by atoms with Crippen molar-refractivity contribution in [2.24, 2.45) is 0 Å². The van der Waals surface area contributed by atoms with Gasteiger partial charge in [-0.25, -0.2) is 0 Å². The number of carbonyl (C=O) groups excluding carboxylic acids is 1. The fourth-order valence-electron chi connectivity index (χ4n) is 1.34. The van der Waals surface area contributed by atoms with Crippen molar-refractivity contribution in [3.63, 3.8) is 0 Å². The largest absolute Gasteiger partial charge is 0.378 e. The Bertz CT molecular complexity index is 130. The van der Waals surface area contributed by atoms with Crippen LogP contribution in [0.1, 0.15) is 32.1 Å². The van der Waals surface area contributed by atoms with Crippen molar-refractivity contribution in [2.45, 2.75) is 38.2 Å². The van der Waals surface area contributed by atoms with Crippen LogP contribution in [0.25, 0.3) is 0 Å². The van der Waals surface area contributed by atoms with Gasteiger partial charge in [0.15, 0.2) is 0 Å². The summed E-state index contributed by atoms with van der Waals surface area (Å²) in [4.78, 5) is 10.3. The molecule has 1 fully saturated rings. The van der Waals surface area contributed by atoms with E-state index in [1.54, 1.807) is 0 Å². The summed E-state index contributed by atoms with van der Waals surface area (Å²) >= 11 is 5.18. The van der Waals surface area contributed by atoms with Crippen molar-refractivity contribution >= 4 is 16.8 Å². The van der Waals surface area contributed by atoms with Gasteiger partial charge in [-0.1, -0.05) is 0 Å². The van der Waals surface area contributed by atoms with E-state index in [1.807, 2.05) is 0 Å². The van der Waals surface area contributed by atoms with Gasteiger partial charge in [0, 0.05) is 13.0 Å². The molecule has 0 N–H and O–H groups in total. The van der Waals surface area contributed by atoms with Gasteiger partial charge in [0.25, 0.3) is 0 Å². The Kier molecular flexibility index (Phi) is 3.87. The number of hydrogen-bond acceptors (Lipinski definition) is 2. The van der Waals surface area contributed by atoms with Crippen LogP contribution in [-0.4, -0.2) is 18.0 Å². The highest BCUT2D eigenvalue weighted by atomic mass is 35.5. The Balaban J connectivity index is 1.98. The molecular formula is C8H13ClO2. The SMILES string of the molecule is O=C(Cl)CCCC1CCCO1. The van der Waals surface area contributed by atoms with E-state index in [1.165, 1.54) is 6.42 Å². The van der Waals surface area contributed by atoms with Gasteiger partial charge in [0.1, 0.15) is 0 Å². The van der Waals surface area contributed by atoms with E-state index in [0.717, 1.165) is 25.9 Å². The first-order chi connectivity index (χ1) is 5.29. The van der Waals surface area contributed by atoms with E-state index >= 15 is 0 Å². The summed E-state index contributed by atoms with van der Waals surface area (Å²) < 4.78 is 5.38.